The van der Waals surface area contributed by atoms with Crippen LogP contribution in [0.25, 0.3) is 0 Å². The maximum Gasteiger partial charge on any atom is 0.125 e. The average Bonchev–Trinajstić information content (AvgIpc) is 3.05. The van der Waals surface area contributed by atoms with E-state index in [1.54, 1.807) is 6.20 Å². The Morgan fingerprint density at radius 2 is 2.42 bits per heavy atom. The van der Waals surface area contributed by atoms with E-state index in [9.17, 15) is 0 Å². The molecule has 100 valence electrons. The van der Waals surface area contributed by atoms with Crippen molar-refractivity contribution in [3.63, 3.8) is 0 Å². The minimum atomic E-state index is 0.187. The third-order valence-electron chi connectivity index (χ3n) is 3.32. The van der Waals surface area contributed by atoms with Crippen LogP contribution in [-0.4, -0.2) is 23.2 Å². The van der Waals surface area contributed by atoms with Crippen LogP contribution in [0, 0.1) is 0 Å². The molecule has 0 saturated heterocycles. The van der Waals surface area contributed by atoms with Crippen molar-refractivity contribution in [1.29, 1.82) is 0 Å². The van der Waals surface area contributed by atoms with Gasteiger partial charge in [0.2, 0.25) is 0 Å². The Bertz CT molecular complexity index is 574. The van der Waals surface area contributed by atoms with Crippen LogP contribution in [0.3, 0.4) is 0 Å². The molecule has 0 spiro atoms. The van der Waals surface area contributed by atoms with Crippen molar-refractivity contribution in [2.24, 2.45) is 0 Å². The molecular formula is C13H14ClN3OS. The quantitative estimate of drug-likeness (QED) is 0.942. The highest BCUT2D eigenvalue weighted by atomic mass is 35.5. The van der Waals surface area contributed by atoms with Crippen molar-refractivity contribution in [3.05, 3.63) is 39.4 Å². The molecule has 0 radical (unpaired) electrons. The van der Waals surface area contributed by atoms with Gasteiger partial charge < -0.3 is 10.1 Å². The third-order valence-corrected chi connectivity index (χ3v) is 4.31. The fraction of sp³-hybridized carbons (Fsp3) is 0.385. The molecule has 2 heterocycles. The molecule has 1 atom stereocenters. The zero-order valence-corrected chi connectivity index (χ0v) is 12.1. The molecule has 0 bridgehead atoms. The van der Waals surface area contributed by atoms with E-state index < -0.39 is 0 Å². The summed E-state index contributed by atoms with van der Waals surface area (Å²) in [5.74, 6) is 1.00. The van der Waals surface area contributed by atoms with Crippen molar-refractivity contribution in [3.8, 4) is 5.75 Å². The van der Waals surface area contributed by atoms with Crippen molar-refractivity contribution >= 4 is 23.1 Å². The number of benzene rings is 1. The molecule has 1 aliphatic rings. The van der Waals surface area contributed by atoms with Gasteiger partial charge in [0.25, 0.3) is 0 Å². The fourth-order valence-electron chi connectivity index (χ4n) is 2.39. The highest BCUT2D eigenvalue weighted by Crippen LogP contribution is 2.35. The van der Waals surface area contributed by atoms with Crippen molar-refractivity contribution < 1.29 is 4.74 Å². The van der Waals surface area contributed by atoms with Crippen LogP contribution in [0.15, 0.2) is 18.3 Å². The van der Waals surface area contributed by atoms with Gasteiger partial charge in [-0.05, 0) is 48.3 Å². The fourth-order valence-corrected chi connectivity index (χ4v) is 3.27. The number of likely N-dealkylation sites (N-methyl/N-ethyl adjacent to an activating group) is 1. The highest BCUT2D eigenvalue weighted by Gasteiger charge is 2.21. The van der Waals surface area contributed by atoms with E-state index >= 15 is 0 Å². The molecule has 6 heteroatoms. The monoisotopic (exact) mass is 295 g/mol. The first-order chi connectivity index (χ1) is 9.28. The number of nitrogens with zero attached hydrogens (tertiary/aromatic N) is 2. The van der Waals surface area contributed by atoms with E-state index in [1.165, 1.54) is 17.1 Å². The van der Waals surface area contributed by atoms with E-state index in [4.69, 9.17) is 16.3 Å². The summed E-state index contributed by atoms with van der Waals surface area (Å²) < 4.78 is 9.65. The minimum Gasteiger partial charge on any atom is -0.493 e. The lowest BCUT2D eigenvalue weighted by Crippen LogP contribution is -2.18. The van der Waals surface area contributed by atoms with E-state index in [1.807, 2.05) is 19.2 Å². The van der Waals surface area contributed by atoms with Gasteiger partial charge in [0.05, 0.1) is 17.7 Å². The van der Waals surface area contributed by atoms with Crippen molar-refractivity contribution in [1.82, 2.24) is 14.9 Å². The average molecular weight is 296 g/mol. The largest absolute Gasteiger partial charge is 0.493 e. The van der Waals surface area contributed by atoms with Crippen molar-refractivity contribution in [2.75, 3.05) is 13.7 Å². The van der Waals surface area contributed by atoms with Crippen LogP contribution in [0.1, 0.15) is 22.0 Å². The van der Waals surface area contributed by atoms with Crippen LogP contribution < -0.4 is 10.1 Å². The standard InChI is InChI=1S/C13H14ClN3OS/c1-15-11(12-7-16-17-19-12)6-9-5-10(14)4-8-2-3-18-13(8)9/h4-5,7,11,15H,2-3,6H2,1H3. The lowest BCUT2D eigenvalue weighted by atomic mass is 10.0. The summed E-state index contributed by atoms with van der Waals surface area (Å²) >= 11 is 7.60. The van der Waals surface area contributed by atoms with Gasteiger partial charge in [0, 0.05) is 17.5 Å². The normalized spacial score (nSPS) is 15.1. The van der Waals surface area contributed by atoms with Gasteiger partial charge in [0.15, 0.2) is 0 Å². The Hall–Kier alpha value is -1.17. The summed E-state index contributed by atoms with van der Waals surface area (Å²) in [6.07, 6.45) is 3.57. The molecule has 0 fully saturated rings. The van der Waals surface area contributed by atoms with E-state index in [0.717, 1.165) is 40.7 Å². The second-order valence-corrected chi connectivity index (χ2v) is 5.77. The number of rotatable bonds is 4. The van der Waals surface area contributed by atoms with Crippen LogP contribution in [-0.2, 0) is 12.8 Å². The lowest BCUT2D eigenvalue weighted by molar-refractivity contribution is 0.352. The Kier molecular flexibility index (Phi) is 3.68. The molecule has 1 aromatic carbocycles. The molecule has 2 aromatic rings. The van der Waals surface area contributed by atoms with Gasteiger partial charge in [-0.1, -0.05) is 16.1 Å². The first kappa shape index (κ1) is 12.8. The second kappa shape index (κ2) is 5.45. The molecule has 0 amide bonds. The van der Waals surface area contributed by atoms with Gasteiger partial charge in [-0.2, -0.15) is 0 Å². The Labute approximate surface area is 120 Å². The Balaban J connectivity index is 1.90. The first-order valence-electron chi connectivity index (χ1n) is 6.16. The highest BCUT2D eigenvalue weighted by molar-refractivity contribution is 7.05. The van der Waals surface area contributed by atoms with Crippen LogP contribution >= 0.6 is 23.1 Å². The van der Waals surface area contributed by atoms with Gasteiger partial charge in [0.1, 0.15) is 5.75 Å². The summed E-state index contributed by atoms with van der Waals surface area (Å²) in [6.45, 7) is 0.745. The van der Waals surface area contributed by atoms with Crippen molar-refractivity contribution in [2.45, 2.75) is 18.9 Å². The maximum absolute atomic E-state index is 6.18. The molecular weight excluding hydrogens is 282 g/mol. The zero-order valence-electron chi connectivity index (χ0n) is 10.5. The topological polar surface area (TPSA) is 47.0 Å². The van der Waals surface area contributed by atoms with Gasteiger partial charge in [-0.15, -0.1) is 5.10 Å². The van der Waals surface area contributed by atoms with Gasteiger partial charge in [-0.3, -0.25) is 0 Å². The molecule has 1 aliphatic heterocycles. The predicted octanol–water partition coefficient (Wildman–Crippen LogP) is 2.63. The number of aromatic nitrogens is 2. The SMILES string of the molecule is CNC(Cc1cc(Cl)cc2c1OCC2)c1cnns1. The smallest absolute Gasteiger partial charge is 0.125 e. The zero-order chi connectivity index (χ0) is 13.2. The summed E-state index contributed by atoms with van der Waals surface area (Å²) in [6, 6.07) is 4.17. The summed E-state index contributed by atoms with van der Waals surface area (Å²) in [5, 5.41) is 7.96. The summed E-state index contributed by atoms with van der Waals surface area (Å²) in [5.41, 5.74) is 2.35. The number of ether oxygens (including phenoxy) is 1. The molecule has 1 aromatic heterocycles. The second-order valence-electron chi connectivity index (χ2n) is 4.52. The van der Waals surface area contributed by atoms with E-state index in [-0.39, 0.29) is 6.04 Å². The first-order valence-corrected chi connectivity index (χ1v) is 7.31. The Morgan fingerprint density at radius 1 is 1.53 bits per heavy atom. The molecule has 4 nitrogen and oxygen atoms in total. The molecule has 1 N–H and O–H groups in total. The summed E-state index contributed by atoms with van der Waals surface area (Å²) in [7, 11) is 1.94. The lowest BCUT2D eigenvalue weighted by Gasteiger charge is -2.16. The van der Waals surface area contributed by atoms with E-state index in [0.29, 0.717) is 0 Å². The molecule has 0 aliphatic carbocycles. The maximum atomic E-state index is 6.18. The van der Waals surface area contributed by atoms with Crippen LogP contribution in [0.2, 0.25) is 5.02 Å². The number of fused-ring (bicyclic) bond motifs is 1. The summed E-state index contributed by atoms with van der Waals surface area (Å²) in [4.78, 5) is 1.12. The van der Waals surface area contributed by atoms with Gasteiger partial charge in [-0.25, -0.2) is 0 Å². The van der Waals surface area contributed by atoms with Gasteiger partial charge >= 0.3 is 0 Å². The van der Waals surface area contributed by atoms with Crippen LogP contribution in [0.4, 0.5) is 0 Å². The predicted molar refractivity (Wildman–Crippen MR) is 76.1 cm³/mol. The number of nitrogens with one attached hydrogen (secondary N) is 1. The Morgan fingerprint density at radius 3 is 3.16 bits per heavy atom. The minimum absolute atomic E-state index is 0.187. The molecule has 3 rings (SSSR count). The molecule has 1 unspecified atom stereocenters. The van der Waals surface area contributed by atoms with E-state index in [2.05, 4.69) is 14.9 Å². The third kappa shape index (κ3) is 2.59. The number of halogens is 1. The number of hydrogen-bond acceptors (Lipinski definition) is 5. The van der Waals surface area contributed by atoms with Crippen LogP contribution in [0.5, 0.6) is 5.75 Å². The molecule has 19 heavy (non-hydrogen) atoms. The molecule has 0 saturated carbocycles. The number of hydrogen-bond donors (Lipinski definition) is 1.